The Balaban J connectivity index is 1.60. The molecule has 35 heavy (non-hydrogen) atoms. The van der Waals surface area contributed by atoms with Crippen molar-refractivity contribution in [2.45, 2.75) is 19.7 Å². The molecule has 180 valence electrons. The van der Waals surface area contributed by atoms with Crippen LogP contribution in [-0.4, -0.2) is 29.2 Å². The van der Waals surface area contributed by atoms with Gasteiger partial charge in [0, 0.05) is 11.6 Å². The summed E-state index contributed by atoms with van der Waals surface area (Å²) in [4.78, 5) is 19.4. The second-order valence-electron chi connectivity index (χ2n) is 7.50. The van der Waals surface area contributed by atoms with Gasteiger partial charge in [-0.25, -0.2) is 9.78 Å². The molecule has 0 aliphatic carbocycles. The van der Waals surface area contributed by atoms with Gasteiger partial charge in [0.15, 0.2) is 18.1 Å². The summed E-state index contributed by atoms with van der Waals surface area (Å²) in [5.74, 6) is -0.290. The van der Waals surface area contributed by atoms with Gasteiger partial charge in [0.25, 0.3) is 0 Å². The van der Waals surface area contributed by atoms with Gasteiger partial charge in [-0.05, 0) is 41.5 Å². The normalized spacial score (nSPS) is 11.3. The molecule has 0 saturated heterocycles. The summed E-state index contributed by atoms with van der Waals surface area (Å²) in [6.07, 6.45) is -4.66. The van der Waals surface area contributed by atoms with E-state index < -0.39 is 17.8 Å². The van der Waals surface area contributed by atoms with Crippen LogP contribution in [-0.2, 0) is 22.3 Å². The number of carbonyl (C=O) groups is 1. The summed E-state index contributed by atoms with van der Waals surface area (Å²) in [6.45, 7) is 1.82. The molecule has 3 aromatic carbocycles. The molecule has 0 bridgehead atoms. The lowest BCUT2D eigenvalue weighted by atomic mass is 10.1. The third-order valence-electron chi connectivity index (χ3n) is 4.95. The van der Waals surface area contributed by atoms with E-state index in [9.17, 15) is 18.0 Å². The highest BCUT2D eigenvalue weighted by Crippen LogP contribution is 2.32. The Morgan fingerprint density at radius 1 is 0.886 bits per heavy atom. The number of hydrogen-bond acceptors (Lipinski definition) is 6. The van der Waals surface area contributed by atoms with Crippen molar-refractivity contribution in [1.82, 2.24) is 9.97 Å². The first-order valence-corrected chi connectivity index (χ1v) is 10.8. The van der Waals surface area contributed by atoms with E-state index in [0.29, 0.717) is 11.3 Å². The fourth-order valence-corrected chi connectivity index (χ4v) is 3.30. The van der Waals surface area contributed by atoms with Crippen molar-refractivity contribution in [3.63, 3.8) is 0 Å². The van der Waals surface area contributed by atoms with E-state index >= 15 is 0 Å². The Morgan fingerprint density at radius 3 is 2.37 bits per heavy atom. The van der Waals surface area contributed by atoms with E-state index in [1.807, 2.05) is 18.2 Å². The van der Waals surface area contributed by atoms with Crippen LogP contribution in [0, 0.1) is 0 Å². The van der Waals surface area contributed by atoms with E-state index in [-0.39, 0.29) is 31.5 Å². The number of hydrogen-bond donors (Lipinski definition) is 0. The number of rotatable bonds is 8. The molecule has 0 amide bonds. The van der Waals surface area contributed by atoms with Crippen molar-refractivity contribution in [2.75, 3.05) is 13.2 Å². The summed E-state index contributed by atoms with van der Waals surface area (Å²) >= 11 is 0. The van der Waals surface area contributed by atoms with Gasteiger partial charge in [0.05, 0.1) is 6.61 Å². The fraction of sp³-hybridized carbons (Fsp3) is 0.192. The Morgan fingerprint density at radius 2 is 1.63 bits per heavy atom. The van der Waals surface area contributed by atoms with Gasteiger partial charge in [-0.2, -0.15) is 18.2 Å². The average Bonchev–Trinajstić information content (AvgIpc) is 2.86. The molecule has 6 nitrogen and oxygen atoms in total. The lowest BCUT2D eigenvalue weighted by molar-refractivity contribution is -0.145. The topological polar surface area (TPSA) is 70.5 Å². The van der Waals surface area contributed by atoms with Gasteiger partial charge in [-0.3, -0.25) is 0 Å². The fourth-order valence-electron chi connectivity index (χ4n) is 3.30. The minimum Gasteiger partial charge on any atom is -0.482 e. The van der Waals surface area contributed by atoms with Gasteiger partial charge < -0.3 is 14.2 Å². The largest absolute Gasteiger partial charge is 0.482 e. The lowest BCUT2D eigenvalue weighted by Gasteiger charge is -2.12. The van der Waals surface area contributed by atoms with E-state index in [0.717, 1.165) is 22.4 Å². The number of benzene rings is 3. The van der Waals surface area contributed by atoms with E-state index in [1.165, 1.54) is 0 Å². The number of aromatic nitrogens is 2. The summed E-state index contributed by atoms with van der Waals surface area (Å²) in [5, 5.41) is 1.50. The Labute approximate surface area is 199 Å². The van der Waals surface area contributed by atoms with Crippen molar-refractivity contribution < 1.29 is 32.2 Å². The summed E-state index contributed by atoms with van der Waals surface area (Å²) in [5.41, 5.74) is 0.106. The summed E-state index contributed by atoms with van der Waals surface area (Å²) in [7, 11) is 0. The van der Waals surface area contributed by atoms with Crippen molar-refractivity contribution in [3.8, 4) is 23.0 Å². The number of nitrogens with zero attached hydrogens (tertiary/aromatic N) is 2. The van der Waals surface area contributed by atoms with Crippen molar-refractivity contribution >= 4 is 16.7 Å². The molecule has 0 aliphatic rings. The van der Waals surface area contributed by atoms with Crippen LogP contribution in [0.3, 0.4) is 0 Å². The number of esters is 1. The van der Waals surface area contributed by atoms with Crippen LogP contribution in [0.4, 0.5) is 13.2 Å². The highest BCUT2D eigenvalue weighted by molar-refractivity contribution is 5.87. The molecule has 0 N–H and O–H groups in total. The molecule has 4 aromatic rings. The maximum absolute atomic E-state index is 13.5. The molecule has 0 saturated carbocycles. The standard InChI is InChI=1S/C26H21F3N2O4/c1-2-33-24(32)16-34-21-11-10-18-12-20(9-8-19(18)13-21)25-30-22(26(27,28)29)14-23(31-25)35-15-17-6-4-3-5-7-17/h3-14H,2,15-16H2,1H3. The maximum Gasteiger partial charge on any atom is 0.433 e. The Hall–Kier alpha value is -4.14. The first-order valence-electron chi connectivity index (χ1n) is 10.8. The monoisotopic (exact) mass is 482 g/mol. The number of ether oxygens (including phenoxy) is 3. The summed E-state index contributed by atoms with van der Waals surface area (Å²) in [6, 6.07) is 20.0. The molecule has 0 aliphatic heterocycles. The highest BCUT2D eigenvalue weighted by atomic mass is 19.4. The minimum atomic E-state index is -4.66. The first-order chi connectivity index (χ1) is 16.8. The van der Waals surface area contributed by atoms with Gasteiger partial charge in [-0.15, -0.1) is 0 Å². The smallest absolute Gasteiger partial charge is 0.433 e. The first kappa shape index (κ1) is 24.0. The van der Waals surface area contributed by atoms with Crippen molar-refractivity contribution in [2.24, 2.45) is 0 Å². The number of fused-ring (bicyclic) bond motifs is 1. The molecule has 0 unspecified atom stereocenters. The molecular weight excluding hydrogens is 461 g/mol. The van der Waals surface area contributed by atoms with E-state index in [4.69, 9.17) is 14.2 Å². The van der Waals surface area contributed by atoms with Crippen LogP contribution in [0.1, 0.15) is 18.2 Å². The number of alkyl halides is 3. The predicted molar refractivity (Wildman–Crippen MR) is 123 cm³/mol. The zero-order valence-corrected chi connectivity index (χ0v) is 18.7. The van der Waals surface area contributed by atoms with Crippen molar-refractivity contribution in [3.05, 3.63) is 84.1 Å². The second kappa shape index (κ2) is 10.4. The maximum atomic E-state index is 13.5. The predicted octanol–water partition coefficient (Wildman–Crippen LogP) is 5.84. The van der Waals surface area contributed by atoms with Crippen LogP contribution >= 0.6 is 0 Å². The molecule has 0 spiro atoms. The zero-order valence-electron chi connectivity index (χ0n) is 18.7. The molecule has 4 rings (SSSR count). The molecule has 1 aromatic heterocycles. The van der Waals surface area contributed by atoms with Crippen LogP contribution in [0.2, 0.25) is 0 Å². The van der Waals surface area contributed by atoms with Crippen LogP contribution in [0.15, 0.2) is 72.8 Å². The van der Waals surface area contributed by atoms with Gasteiger partial charge in [-0.1, -0.05) is 48.5 Å². The molecular formula is C26H21F3N2O4. The van der Waals surface area contributed by atoms with E-state index in [1.54, 1.807) is 55.5 Å². The van der Waals surface area contributed by atoms with Crippen LogP contribution < -0.4 is 9.47 Å². The number of halogens is 3. The van der Waals surface area contributed by atoms with Crippen molar-refractivity contribution in [1.29, 1.82) is 0 Å². The molecule has 0 fully saturated rings. The third-order valence-corrected chi connectivity index (χ3v) is 4.95. The van der Waals surface area contributed by atoms with Gasteiger partial charge in [0.1, 0.15) is 12.4 Å². The molecule has 1 heterocycles. The lowest BCUT2D eigenvalue weighted by Crippen LogP contribution is -2.14. The van der Waals surface area contributed by atoms with Crippen LogP contribution in [0.25, 0.3) is 22.2 Å². The quantitative estimate of drug-likeness (QED) is 0.294. The van der Waals surface area contributed by atoms with Gasteiger partial charge >= 0.3 is 12.1 Å². The molecule has 0 radical (unpaired) electrons. The Bertz CT molecular complexity index is 1330. The number of carbonyl (C=O) groups excluding carboxylic acids is 1. The Kier molecular flexibility index (Phi) is 7.14. The van der Waals surface area contributed by atoms with Crippen LogP contribution in [0.5, 0.6) is 11.6 Å². The second-order valence-corrected chi connectivity index (χ2v) is 7.50. The highest BCUT2D eigenvalue weighted by Gasteiger charge is 2.34. The molecule has 0 atom stereocenters. The zero-order chi connectivity index (χ0) is 24.8. The van der Waals surface area contributed by atoms with Gasteiger partial charge in [0.2, 0.25) is 5.88 Å². The third kappa shape index (κ3) is 6.26. The average molecular weight is 482 g/mol. The SMILES string of the molecule is CCOC(=O)COc1ccc2cc(-c3nc(OCc4ccccc4)cc(C(F)(F)F)n3)ccc2c1. The molecule has 9 heteroatoms. The minimum absolute atomic E-state index is 0.0703. The summed E-state index contributed by atoms with van der Waals surface area (Å²) < 4.78 is 56.3. The van der Waals surface area contributed by atoms with E-state index in [2.05, 4.69) is 9.97 Å².